The van der Waals surface area contributed by atoms with Crippen molar-refractivity contribution in [2.24, 2.45) is 0 Å². The third-order valence-electron chi connectivity index (χ3n) is 8.07. The van der Waals surface area contributed by atoms with Crippen molar-refractivity contribution < 1.29 is 9.90 Å². The molecule has 1 fully saturated rings. The number of fused-ring (bicyclic) bond motifs is 2. The molecule has 2 aliphatic rings. The second kappa shape index (κ2) is 10.0. The number of aromatic nitrogens is 1. The summed E-state index contributed by atoms with van der Waals surface area (Å²) in [7, 11) is 0. The third kappa shape index (κ3) is 4.39. The number of aromatic hydroxyl groups is 1. The molecule has 0 unspecified atom stereocenters. The van der Waals surface area contributed by atoms with Crippen LogP contribution in [0.15, 0.2) is 91.0 Å². The molecule has 0 bridgehead atoms. The summed E-state index contributed by atoms with van der Waals surface area (Å²) in [6.45, 7) is 4.43. The van der Waals surface area contributed by atoms with Gasteiger partial charge in [-0.25, -0.2) is 0 Å². The first-order valence-corrected chi connectivity index (χ1v) is 14.0. The lowest BCUT2D eigenvalue weighted by Crippen LogP contribution is -2.43. The van der Waals surface area contributed by atoms with Crippen LogP contribution in [0.25, 0.3) is 22.0 Å². The maximum Gasteiger partial charge on any atom is 0.255 e. The Morgan fingerprint density at radius 2 is 1.62 bits per heavy atom. The van der Waals surface area contributed by atoms with Crippen LogP contribution < -0.4 is 10.2 Å². The topological polar surface area (TPSA) is 71.6 Å². The summed E-state index contributed by atoms with van der Waals surface area (Å²) in [5.74, 6) is 0.0272. The maximum absolute atomic E-state index is 14.0. The Hall–Kier alpha value is -4.26. The zero-order chi connectivity index (χ0) is 27.2. The molecule has 0 saturated carbocycles. The number of halogens is 1. The molecule has 1 aromatic heterocycles. The molecule has 40 heavy (non-hydrogen) atoms. The highest BCUT2D eigenvalue weighted by Crippen LogP contribution is 2.41. The molecule has 6 nitrogen and oxygen atoms in total. The Bertz CT molecular complexity index is 1690. The van der Waals surface area contributed by atoms with Crippen LogP contribution in [0.5, 0.6) is 5.75 Å². The molecule has 7 rings (SSSR count). The van der Waals surface area contributed by atoms with Crippen LogP contribution in [-0.2, 0) is 6.54 Å². The minimum Gasteiger partial charge on any atom is -0.508 e. The van der Waals surface area contributed by atoms with Crippen molar-refractivity contribution in [3.8, 4) is 16.9 Å². The van der Waals surface area contributed by atoms with E-state index in [0.717, 1.165) is 59.5 Å². The van der Waals surface area contributed by atoms with E-state index in [1.165, 1.54) is 5.69 Å². The molecule has 5 aromatic rings. The van der Waals surface area contributed by atoms with Crippen molar-refractivity contribution in [3.63, 3.8) is 0 Å². The Morgan fingerprint density at radius 3 is 2.42 bits per heavy atom. The minimum atomic E-state index is -0.534. The molecule has 1 saturated heterocycles. The number of para-hydroxylation sites is 1. The van der Waals surface area contributed by atoms with E-state index in [1.807, 2.05) is 47.4 Å². The van der Waals surface area contributed by atoms with Crippen molar-refractivity contribution in [3.05, 3.63) is 118 Å². The van der Waals surface area contributed by atoms with Gasteiger partial charge in [0.05, 0.1) is 0 Å². The molecule has 4 aromatic carbocycles. The zero-order valence-electron chi connectivity index (χ0n) is 21.9. The lowest BCUT2D eigenvalue weighted by atomic mass is 10.00. The highest BCUT2D eigenvalue weighted by molar-refractivity contribution is 6.30. The summed E-state index contributed by atoms with van der Waals surface area (Å²) in [6, 6.07) is 29.2. The van der Waals surface area contributed by atoms with Gasteiger partial charge in [-0.3, -0.25) is 4.79 Å². The van der Waals surface area contributed by atoms with Gasteiger partial charge in [-0.05, 0) is 70.6 Å². The van der Waals surface area contributed by atoms with Crippen molar-refractivity contribution in [1.29, 1.82) is 0 Å². The van der Waals surface area contributed by atoms with Crippen LogP contribution in [0.3, 0.4) is 0 Å². The Kier molecular flexibility index (Phi) is 6.22. The molecule has 3 N–H and O–H groups in total. The first-order chi connectivity index (χ1) is 19.5. The number of H-pyrrole nitrogens is 1. The van der Waals surface area contributed by atoms with E-state index >= 15 is 0 Å². The van der Waals surface area contributed by atoms with Crippen molar-refractivity contribution in [2.75, 3.05) is 31.1 Å². The predicted octanol–water partition coefficient (Wildman–Crippen LogP) is 6.35. The zero-order valence-corrected chi connectivity index (χ0v) is 22.7. The molecule has 2 aliphatic heterocycles. The SMILES string of the molecule is O=C1c2cc(-c3ccc(N4CCNCC4)cc3)ccc2CN1[C@@H](c1cc2ccccc2[nH]1)c1cc(Cl)ccc1O. The Labute approximate surface area is 237 Å². The molecule has 1 atom stereocenters. The number of aromatic amines is 1. The highest BCUT2D eigenvalue weighted by Gasteiger charge is 2.36. The van der Waals surface area contributed by atoms with Gasteiger partial charge in [0.15, 0.2) is 0 Å². The fraction of sp³-hybridized carbons (Fsp3) is 0.182. The number of phenols is 1. The molecule has 0 radical (unpaired) electrons. The summed E-state index contributed by atoms with van der Waals surface area (Å²) in [5, 5.41) is 15.8. The first kappa shape index (κ1) is 24.8. The second-order valence-electron chi connectivity index (χ2n) is 10.5. The smallest absolute Gasteiger partial charge is 0.255 e. The molecule has 7 heteroatoms. The van der Waals surface area contributed by atoms with Crippen molar-refractivity contribution in [1.82, 2.24) is 15.2 Å². The summed E-state index contributed by atoms with van der Waals surface area (Å²) < 4.78 is 0. The van der Waals surface area contributed by atoms with Crippen LogP contribution >= 0.6 is 11.6 Å². The summed E-state index contributed by atoms with van der Waals surface area (Å²) >= 11 is 6.38. The third-order valence-corrected chi connectivity index (χ3v) is 8.30. The second-order valence-corrected chi connectivity index (χ2v) is 10.9. The number of rotatable bonds is 5. The number of amides is 1. The van der Waals surface area contributed by atoms with Gasteiger partial charge >= 0.3 is 0 Å². The van der Waals surface area contributed by atoms with E-state index in [2.05, 4.69) is 45.5 Å². The summed E-state index contributed by atoms with van der Waals surface area (Å²) in [6.07, 6.45) is 0. The van der Waals surface area contributed by atoms with Crippen molar-refractivity contribution in [2.45, 2.75) is 12.6 Å². The highest BCUT2D eigenvalue weighted by atomic mass is 35.5. The average molecular weight is 549 g/mol. The number of piperazine rings is 1. The van der Waals surface area contributed by atoms with Crippen molar-refractivity contribution >= 4 is 34.1 Å². The quantitative estimate of drug-likeness (QED) is 0.239. The van der Waals surface area contributed by atoms with Gasteiger partial charge in [-0.15, -0.1) is 0 Å². The van der Waals surface area contributed by atoms with E-state index in [1.54, 1.807) is 18.2 Å². The monoisotopic (exact) mass is 548 g/mol. The van der Waals surface area contributed by atoms with Gasteiger partial charge in [-0.2, -0.15) is 0 Å². The minimum absolute atomic E-state index is 0.0719. The standard InChI is InChI=1S/C33H29ClN4O2/c34-25-9-12-31(39)28(19-25)32(30-18-23-3-1-2-4-29(23)36-30)38-20-24-6-5-22(17-27(24)33(38)40)21-7-10-26(11-8-21)37-15-13-35-14-16-37/h1-12,17-19,32,35-36,39H,13-16,20H2/t32-/m1/s1. The normalized spacial score (nSPS) is 16.0. The molecular weight excluding hydrogens is 520 g/mol. The number of nitrogens with zero attached hydrogens (tertiary/aromatic N) is 2. The molecular formula is C33H29ClN4O2. The van der Waals surface area contributed by atoms with Gasteiger partial charge in [0.2, 0.25) is 0 Å². The summed E-state index contributed by atoms with van der Waals surface area (Å²) in [4.78, 5) is 21.7. The number of hydrogen-bond donors (Lipinski definition) is 3. The van der Waals surface area contributed by atoms with E-state index in [-0.39, 0.29) is 11.7 Å². The molecule has 0 aliphatic carbocycles. The largest absolute Gasteiger partial charge is 0.508 e. The molecule has 0 spiro atoms. The van der Waals surface area contributed by atoms with E-state index in [0.29, 0.717) is 22.7 Å². The number of anilines is 1. The number of nitrogens with one attached hydrogen (secondary N) is 2. The fourth-order valence-electron chi connectivity index (χ4n) is 5.99. The van der Waals surface area contributed by atoms with Gasteiger partial charge in [0, 0.05) is 65.8 Å². The molecule has 200 valence electrons. The molecule has 1 amide bonds. The number of carbonyl (C=O) groups is 1. The lowest BCUT2D eigenvalue weighted by Gasteiger charge is -2.29. The number of benzene rings is 4. The van der Waals surface area contributed by atoms with Gasteiger partial charge < -0.3 is 25.2 Å². The number of phenolic OH excluding ortho intramolecular Hbond substituents is 1. The average Bonchev–Trinajstić information content (AvgIpc) is 3.56. The van der Waals surface area contributed by atoms with Gasteiger partial charge in [-0.1, -0.05) is 54.1 Å². The fourth-order valence-corrected chi connectivity index (χ4v) is 6.17. The van der Waals surface area contributed by atoms with E-state index in [4.69, 9.17) is 11.6 Å². The molecule has 3 heterocycles. The van der Waals surface area contributed by atoms with Crippen LogP contribution in [0.2, 0.25) is 5.02 Å². The van der Waals surface area contributed by atoms with Crippen LogP contribution in [0.4, 0.5) is 5.69 Å². The van der Waals surface area contributed by atoms with E-state index < -0.39 is 6.04 Å². The number of carbonyl (C=O) groups excluding carboxylic acids is 1. The Balaban J connectivity index is 1.24. The lowest BCUT2D eigenvalue weighted by molar-refractivity contribution is 0.0727. The predicted molar refractivity (Wildman–Crippen MR) is 160 cm³/mol. The van der Waals surface area contributed by atoms with Crippen LogP contribution in [0.1, 0.15) is 33.2 Å². The van der Waals surface area contributed by atoms with Crippen LogP contribution in [-0.4, -0.2) is 47.1 Å². The first-order valence-electron chi connectivity index (χ1n) is 13.6. The van der Waals surface area contributed by atoms with Gasteiger partial charge in [0.1, 0.15) is 11.8 Å². The number of hydrogen-bond acceptors (Lipinski definition) is 4. The summed E-state index contributed by atoms with van der Waals surface area (Å²) in [5.41, 5.74) is 7.34. The van der Waals surface area contributed by atoms with E-state index in [9.17, 15) is 9.90 Å². The van der Waals surface area contributed by atoms with Crippen LogP contribution in [0, 0.1) is 0 Å². The van der Waals surface area contributed by atoms with Gasteiger partial charge in [0.25, 0.3) is 5.91 Å². The maximum atomic E-state index is 14.0. The Morgan fingerprint density at radius 1 is 0.850 bits per heavy atom.